The smallest absolute Gasteiger partial charge is 0.0652 e. The van der Waals surface area contributed by atoms with E-state index in [9.17, 15) is 0 Å². The van der Waals surface area contributed by atoms with Crippen molar-refractivity contribution in [3.63, 3.8) is 0 Å². The summed E-state index contributed by atoms with van der Waals surface area (Å²) in [5, 5.41) is 0. The Balaban J connectivity index is 1.62. The van der Waals surface area contributed by atoms with Crippen LogP contribution in [0.1, 0.15) is 25.7 Å². The highest BCUT2D eigenvalue weighted by molar-refractivity contribution is 14.2. The van der Waals surface area contributed by atoms with Crippen molar-refractivity contribution >= 4 is 24.2 Å². The van der Waals surface area contributed by atoms with Crippen LogP contribution >= 0.6 is 20.7 Å². The van der Waals surface area contributed by atoms with Crippen molar-refractivity contribution in [2.24, 2.45) is 23.5 Å². The molecule has 3 aliphatic rings. The molecule has 2 atom stereocenters. The van der Waals surface area contributed by atoms with E-state index in [4.69, 9.17) is 5.73 Å². The van der Waals surface area contributed by atoms with E-state index < -0.39 is 0 Å². The molecule has 2 saturated carbocycles. The van der Waals surface area contributed by atoms with Gasteiger partial charge in [0, 0.05) is 0 Å². The topological polar surface area (TPSA) is 26.0 Å². The predicted molar refractivity (Wildman–Crippen MR) is 69.4 cm³/mol. The number of rotatable bonds is 2. The van der Waals surface area contributed by atoms with Gasteiger partial charge in [-0.15, -0.1) is 0 Å². The Morgan fingerprint density at radius 1 is 1.29 bits per heavy atom. The molecule has 0 aromatic carbocycles. The minimum absolute atomic E-state index is 0.0370. The molecule has 14 heavy (non-hydrogen) atoms. The van der Waals surface area contributed by atoms with Crippen molar-refractivity contribution < 1.29 is 0 Å². The minimum atomic E-state index is 0.0370. The first-order valence-corrected chi connectivity index (χ1v) is 7.61. The van der Waals surface area contributed by atoms with Crippen LogP contribution in [0.15, 0.2) is 21.9 Å². The molecule has 2 fully saturated rings. The van der Waals surface area contributed by atoms with E-state index in [1.54, 1.807) is 9.93 Å². The lowest BCUT2D eigenvalue weighted by Gasteiger charge is -2.13. The molecule has 2 N–H and O–H groups in total. The van der Waals surface area contributed by atoms with Gasteiger partial charge in [0.15, 0.2) is 0 Å². The van der Waals surface area contributed by atoms with E-state index in [0.717, 1.165) is 21.5 Å². The van der Waals surface area contributed by atoms with Crippen molar-refractivity contribution in [2.45, 2.75) is 25.7 Å². The van der Waals surface area contributed by atoms with Crippen molar-refractivity contribution in [3.05, 3.63) is 21.9 Å². The number of halogens is 1. The zero-order valence-corrected chi connectivity index (χ0v) is 10.4. The third kappa shape index (κ3) is 1.81. The summed E-state index contributed by atoms with van der Waals surface area (Å²) in [6.07, 6.45) is 12.4. The van der Waals surface area contributed by atoms with Crippen LogP contribution < -0.4 is 5.73 Å². The van der Waals surface area contributed by atoms with Gasteiger partial charge < -0.3 is 5.73 Å². The molecule has 1 nitrogen and oxygen atoms in total. The minimum Gasteiger partial charge on any atom is -0.394 e. The molecule has 0 radical (unpaired) electrons. The summed E-state index contributed by atoms with van der Waals surface area (Å²) < 4.78 is 2.81. The molecule has 76 valence electrons. The first-order valence-electron chi connectivity index (χ1n) is 5.46. The average Bonchev–Trinajstić information content (AvgIpc) is 2.74. The normalized spacial score (nSPS) is 39.6. The second kappa shape index (κ2) is 3.47. The summed E-state index contributed by atoms with van der Waals surface area (Å²) >= 11 is 0.0370. The van der Waals surface area contributed by atoms with Crippen molar-refractivity contribution in [1.29, 1.82) is 0 Å². The summed E-state index contributed by atoms with van der Waals surface area (Å²) in [5.41, 5.74) is 5.87. The molecule has 2 heteroatoms. The summed E-state index contributed by atoms with van der Waals surface area (Å²) in [7, 11) is 0. The van der Waals surface area contributed by atoms with Crippen LogP contribution in [0.3, 0.4) is 0 Å². The Hall–Kier alpha value is -0.120. The molecule has 1 aliphatic heterocycles. The number of hydrogen-bond donors (Lipinski definition) is 1. The van der Waals surface area contributed by atoms with E-state index in [2.05, 4.69) is 18.2 Å². The Morgan fingerprint density at radius 3 is 2.79 bits per heavy atom. The third-order valence-electron chi connectivity index (χ3n) is 3.59. The number of allylic oxidation sites excluding steroid dienone is 3. The van der Waals surface area contributed by atoms with Gasteiger partial charge >= 0.3 is 0 Å². The Labute approximate surface area is 95.2 Å². The molecule has 0 aromatic heterocycles. The van der Waals surface area contributed by atoms with Gasteiger partial charge in [0.05, 0.1) is 3.70 Å². The van der Waals surface area contributed by atoms with Crippen molar-refractivity contribution in [1.82, 2.24) is 0 Å². The SMILES string of the molecule is NC1=CC=CC(CC2CC3CC3C2)=I1. The fourth-order valence-electron chi connectivity index (χ4n) is 2.84. The standard InChI is InChI=1S/C12H16IN/c14-12-3-1-2-11(13-12)6-8-4-9-7-10(9)5-8/h1-3,8-10H,4-7,14H2. The summed E-state index contributed by atoms with van der Waals surface area (Å²) in [6, 6.07) is 0. The van der Waals surface area contributed by atoms with Crippen LogP contribution in [0, 0.1) is 17.8 Å². The van der Waals surface area contributed by atoms with Gasteiger partial charge in [0.25, 0.3) is 0 Å². The number of nitrogens with two attached hydrogens (primary N) is 1. The van der Waals surface area contributed by atoms with Gasteiger partial charge in [-0.2, -0.15) is 0 Å². The number of hydrogen-bond acceptors (Lipinski definition) is 1. The molecule has 0 amide bonds. The maximum atomic E-state index is 5.87. The molecule has 0 spiro atoms. The summed E-state index contributed by atoms with van der Waals surface area (Å²) in [4.78, 5) is 0. The lowest BCUT2D eigenvalue weighted by molar-refractivity contribution is 0.508. The first kappa shape index (κ1) is 9.13. The van der Waals surface area contributed by atoms with E-state index in [1.165, 1.54) is 19.3 Å². The monoisotopic (exact) mass is 301 g/mol. The predicted octanol–water partition coefficient (Wildman–Crippen LogP) is 2.94. The fourth-order valence-corrected chi connectivity index (χ4v) is 5.25. The van der Waals surface area contributed by atoms with Gasteiger partial charge in [-0.05, 0) is 53.0 Å². The Bertz CT molecular complexity index is 330. The van der Waals surface area contributed by atoms with Crippen molar-refractivity contribution in [2.75, 3.05) is 0 Å². The summed E-state index contributed by atoms with van der Waals surface area (Å²) in [6.45, 7) is 0. The molecule has 0 bridgehead atoms. The van der Waals surface area contributed by atoms with E-state index in [0.29, 0.717) is 0 Å². The zero-order chi connectivity index (χ0) is 9.54. The van der Waals surface area contributed by atoms with Crippen molar-refractivity contribution in [3.8, 4) is 0 Å². The van der Waals surface area contributed by atoms with Gasteiger partial charge in [-0.3, -0.25) is 0 Å². The fraction of sp³-hybridized carbons (Fsp3) is 0.583. The lowest BCUT2D eigenvalue weighted by Crippen LogP contribution is -2.05. The third-order valence-corrected chi connectivity index (χ3v) is 6.06. The van der Waals surface area contributed by atoms with Crippen LogP contribution in [-0.4, -0.2) is 3.51 Å². The van der Waals surface area contributed by atoms with Crippen LogP contribution in [0.2, 0.25) is 0 Å². The largest absolute Gasteiger partial charge is 0.394 e. The Morgan fingerprint density at radius 2 is 2.07 bits per heavy atom. The summed E-state index contributed by atoms with van der Waals surface area (Å²) in [5.74, 6) is 3.25. The first-order chi connectivity index (χ1) is 6.81. The van der Waals surface area contributed by atoms with Crippen LogP contribution in [0.5, 0.6) is 0 Å². The average molecular weight is 301 g/mol. The van der Waals surface area contributed by atoms with Crippen LogP contribution in [0.25, 0.3) is 0 Å². The number of fused-ring (bicyclic) bond motifs is 1. The highest BCUT2D eigenvalue weighted by atomic mass is 127. The molecule has 0 saturated heterocycles. The molecule has 2 aliphatic carbocycles. The molecular formula is C12H16IN. The van der Waals surface area contributed by atoms with Gasteiger partial charge in [0.1, 0.15) is 0 Å². The van der Waals surface area contributed by atoms with Gasteiger partial charge in [-0.1, -0.05) is 32.9 Å². The molecule has 0 aromatic rings. The maximum Gasteiger partial charge on any atom is 0.0652 e. The molecule has 3 rings (SSSR count). The van der Waals surface area contributed by atoms with E-state index >= 15 is 0 Å². The second-order valence-corrected chi connectivity index (χ2v) is 7.92. The van der Waals surface area contributed by atoms with Gasteiger partial charge in [-0.25, -0.2) is 0 Å². The highest BCUT2D eigenvalue weighted by Crippen LogP contribution is 2.55. The van der Waals surface area contributed by atoms with Crippen LogP contribution in [-0.2, 0) is 0 Å². The quantitative estimate of drug-likeness (QED) is 0.616. The Kier molecular flexibility index (Phi) is 2.26. The van der Waals surface area contributed by atoms with E-state index in [1.807, 2.05) is 0 Å². The van der Waals surface area contributed by atoms with Crippen LogP contribution in [0.4, 0.5) is 0 Å². The lowest BCUT2D eigenvalue weighted by atomic mass is 9.98. The molecular weight excluding hydrogens is 285 g/mol. The van der Waals surface area contributed by atoms with E-state index in [-0.39, 0.29) is 20.7 Å². The maximum absolute atomic E-state index is 5.87. The molecule has 2 unspecified atom stereocenters. The molecule has 1 heterocycles. The van der Waals surface area contributed by atoms with Gasteiger partial charge in [0.2, 0.25) is 0 Å². The second-order valence-electron chi connectivity index (χ2n) is 4.75. The highest BCUT2D eigenvalue weighted by Gasteiger charge is 2.45. The zero-order valence-electron chi connectivity index (χ0n) is 8.25.